The molecule has 4 heteroatoms. The number of nitrogens with zero attached hydrogens (tertiary/aromatic N) is 1. The van der Waals surface area contributed by atoms with E-state index in [4.69, 9.17) is 0 Å². The Bertz CT molecular complexity index is 259. The molecule has 18 heavy (non-hydrogen) atoms. The number of piperidine rings is 1. The van der Waals surface area contributed by atoms with E-state index in [1.165, 1.54) is 37.9 Å². The molecule has 2 aliphatic heterocycles. The van der Waals surface area contributed by atoms with Gasteiger partial charge in [-0.25, -0.2) is 0 Å². The maximum atomic E-state index is 12.0. The molecule has 2 aliphatic rings. The van der Waals surface area contributed by atoms with Crippen LogP contribution in [0.2, 0.25) is 0 Å². The van der Waals surface area contributed by atoms with Crippen molar-refractivity contribution in [3.63, 3.8) is 0 Å². The first kappa shape index (κ1) is 14.6. The molecule has 0 aromatic heterocycles. The normalized spacial score (nSPS) is 25.6. The Balaban J connectivity index is 1.54. The second-order valence-corrected chi connectivity index (χ2v) is 8.43. The molecule has 0 bridgehead atoms. The molecule has 2 nitrogen and oxygen atoms in total. The highest BCUT2D eigenvalue weighted by Gasteiger charge is 2.20. The van der Waals surface area contributed by atoms with Gasteiger partial charge in [0.1, 0.15) is 0 Å². The molecule has 0 aromatic carbocycles. The van der Waals surface area contributed by atoms with Crippen molar-refractivity contribution in [2.24, 2.45) is 5.92 Å². The van der Waals surface area contributed by atoms with Gasteiger partial charge in [-0.05, 0) is 38.0 Å². The smallest absolute Gasteiger partial charge is 0.222 e. The SMILES string of the molecule is CC1CCN(C(=O)CCCCC2CCSS2)CC1. The van der Waals surface area contributed by atoms with Crippen molar-refractivity contribution in [1.29, 1.82) is 0 Å². The summed E-state index contributed by atoms with van der Waals surface area (Å²) in [5.41, 5.74) is 0. The molecular formula is C14H25NOS2. The van der Waals surface area contributed by atoms with E-state index >= 15 is 0 Å². The fraction of sp³-hybridized carbons (Fsp3) is 0.929. The Kier molecular flexibility index (Phi) is 6.22. The number of unbranched alkanes of at least 4 members (excludes halogenated alkanes) is 1. The topological polar surface area (TPSA) is 20.3 Å². The molecule has 0 saturated carbocycles. The number of hydrogen-bond acceptors (Lipinski definition) is 3. The zero-order valence-corrected chi connectivity index (χ0v) is 13.0. The van der Waals surface area contributed by atoms with Crippen LogP contribution < -0.4 is 0 Å². The fourth-order valence-corrected chi connectivity index (χ4v) is 5.66. The lowest BCUT2D eigenvalue weighted by molar-refractivity contribution is -0.132. The maximum absolute atomic E-state index is 12.0. The van der Waals surface area contributed by atoms with Crippen molar-refractivity contribution in [1.82, 2.24) is 4.90 Å². The van der Waals surface area contributed by atoms with E-state index in [0.717, 1.165) is 37.1 Å². The quantitative estimate of drug-likeness (QED) is 0.564. The van der Waals surface area contributed by atoms with Crippen LogP contribution in [0.5, 0.6) is 0 Å². The maximum Gasteiger partial charge on any atom is 0.222 e. The van der Waals surface area contributed by atoms with Crippen LogP contribution in [0.25, 0.3) is 0 Å². The third-order valence-electron chi connectivity index (χ3n) is 4.03. The van der Waals surface area contributed by atoms with Crippen LogP contribution in [-0.2, 0) is 4.79 Å². The van der Waals surface area contributed by atoms with Crippen LogP contribution in [0, 0.1) is 5.92 Å². The molecule has 2 saturated heterocycles. The van der Waals surface area contributed by atoms with E-state index in [-0.39, 0.29) is 0 Å². The molecule has 0 N–H and O–H groups in total. The third kappa shape index (κ3) is 4.69. The van der Waals surface area contributed by atoms with Crippen LogP contribution in [0.1, 0.15) is 51.9 Å². The molecule has 1 unspecified atom stereocenters. The minimum absolute atomic E-state index is 0.398. The molecule has 2 heterocycles. The second-order valence-electron chi connectivity index (χ2n) is 5.64. The summed E-state index contributed by atoms with van der Waals surface area (Å²) in [7, 11) is 4.06. The summed E-state index contributed by atoms with van der Waals surface area (Å²) in [5.74, 6) is 2.53. The van der Waals surface area contributed by atoms with Gasteiger partial charge in [0.2, 0.25) is 5.91 Å². The molecular weight excluding hydrogens is 262 g/mol. The molecule has 0 aliphatic carbocycles. The zero-order valence-electron chi connectivity index (χ0n) is 11.4. The van der Waals surface area contributed by atoms with E-state index in [2.05, 4.69) is 22.6 Å². The number of hydrogen-bond donors (Lipinski definition) is 0. The molecule has 2 rings (SSSR count). The molecule has 0 spiro atoms. The van der Waals surface area contributed by atoms with E-state index in [1.54, 1.807) is 0 Å². The monoisotopic (exact) mass is 287 g/mol. The standard InChI is InChI=1S/C14H25NOS2/c1-12-6-9-15(10-7-12)14(16)5-3-2-4-13-8-11-17-18-13/h12-13H,2-11H2,1H3. The lowest BCUT2D eigenvalue weighted by atomic mass is 9.99. The van der Waals surface area contributed by atoms with Gasteiger partial charge < -0.3 is 4.90 Å². The van der Waals surface area contributed by atoms with Crippen molar-refractivity contribution in [3.8, 4) is 0 Å². The van der Waals surface area contributed by atoms with Gasteiger partial charge in [0.05, 0.1) is 0 Å². The van der Waals surface area contributed by atoms with E-state index in [9.17, 15) is 4.79 Å². The predicted molar refractivity (Wildman–Crippen MR) is 81.9 cm³/mol. The van der Waals surface area contributed by atoms with E-state index in [0.29, 0.717) is 5.91 Å². The van der Waals surface area contributed by atoms with Gasteiger partial charge in [-0.1, -0.05) is 34.9 Å². The van der Waals surface area contributed by atoms with Gasteiger partial charge in [-0.15, -0.1) is 0 Å². The summed E-state index contributed by atoms with van der Waals surface area (Å²) in [6.07, 6.45) is 8.17. The zero-order chi connectivity index (χ0) is 12.8. The van der Waals surface area contributed by atoms with Crippen molar-refractivity contribution in [2.45, 2.75) is 57.1 Å². The average Bonchev–Trinajstić information content (AvgIpc) is 2.88. The van der Waals surface area contributed by atoms with Gasteiger partial charge in [0.25, 0.3) is 0 Å². The van der Waals surface area contributed by atoms with Gasteiger partial charge >= 0.3 is 0 Å². The lowest BCUT2D eigenvalue weighted by Gasteiger charge is -2.30. The van der Waals surface area contributed by atoms with Gasteiger partial charge in [0, 0.05) is 30.5 Å². The Morgan fingerprint density at radius 2 is 2.00 bits per heavy atom. The number of likely N-dealkylation sites (tertiary alicyclic amines) is 1. The first-order chi connectivity index (χ1) is 8.75. The third-order valence-corrected chi connectivity index (χ3v) is 7.04. The van der Waals surface area contributed by atoms with Gasteiger partial charge in [-0.3, -0.25) is 4.79 Å². The van der Waals surface area contributed by atoms with E-state index < -0.39 is 0 Å². The minimum atomic E-state index is 0.398. The Hall–Kier alpha value is 0.170. The first-order valence-corrected chi connectivity index (χ1v) is 9.70. The summed E-state index contributed by atoms with van der Waals surface area (Å²) in [6.45, 7) is 4.28. The summed E-state index contributed by atoms with van der Waals surface area (Å²) < 4.78 is 0. The summed E-state index contributed by atoms with van der Waals surface area (Å²) in [4.78, 5) is 14.1. The van der Waals surface area contributed by atoms with Crippen LogP contribution in [0.3, 0.4) is 0 Å². The minimum Gasteiger partial charge on any atom is -0.343 e. The highest BCUT2D eigenvalue weighted by Crippen LogP contribution is 2.39. The van der Waals surface area contributed by atoms with Gasteiger partial charge in [0.15, 0.2) is 0 Å². The summed E-state index contributed by atoms with van der Waals surface area (Å²) >= 11 is 0. The second kappa shape index (κ2) is 7.68. The Morgan fingerprint density at radius 1 is 1.22 bits per heavy atom. The Morgan fingerprint density at radius 3 is 2.67 bits per heavy atom. The summed E-state index contributed by atoms with van der Waals surface area (Å²) in [5, 5.41) is 0.862. The predicted octanol–water partition coefficient (Wildman–Crippen LogP) is 3.96. The summed E-state index contributed by atoms with van der Waals surface area (Å²) in [6, 6.07) is 0. The van der Waals surface area contributed by atoms with Crippen LogP contribution in [0.4, 0.5) is 0 Å². The lowest BCUT2D eigenvalue weighted by Crippen LogP contribution is -2.37. The van der Waals surface area contributed by atoms with Crippen LogP contribution in [-0.4, -0.2) is 34.9 Å². The fourth-order valence-electron chi connectivity index (χ4n) is 2.63. The number of amides is 1. The van der Waals surface area contributed by atoms with Gasteiger partial charge in [-0.2, -0.15) is 0 Å². The van der Waals surface area contributed by atoms with Crippen molar-refractivity contribution >= 4 is 27.5 Å². The number of rotatable bonds is 5. The van der Waals surface area contributed by atoms with Crippen molar-refractivity contribution < 1.29 is 4.79 Å². The first-order valence-electron chi connectivity index (χ1n) is 7.32. The van der Waals surface area contributed by atoms with Crippen LogP contribution in [0.15, 0.2) is 0 Å². The highest BCUT2D eigenvalue weighted by atomic mass is 33.1. The molecule has 104 valence electrons. The van der Waals surface area contributed by atoms with Crippen molar-refractivity contribution in [3.05, 3.63) is 0 Å². The molecule has 2 fully saturated rings. The van der Waals surface area contributed by atoms with Crippen LogP contribution >= 0.6 is 21.6 Å². The van der Waals surface area contributed by atoms with E-state index in [1.807, 2.05) is 10.8 Å². The average molecular weight is 287 g/mol. The number of carbonyl (C=O) groups excluding carboxylic acids is 1. The molecule has 0 radical (unpaired) electrons. The molecule has 0 aromatic rings. The number of carbonyl (C=O) groups is 1. The molecule has 1 amide bonds. The Labute approximate surface area is 119 Å². The van der Waals surface area contributed by atoms with Crippen molar-refractivity contribution in [2.75, 3.05) is 18.8 Å². The largest absolute Gasteiger partial charge is 0.343 e. The highest BCUT2D eigenvalue weighted by molar-refractivity contribution is 8.77. The molecule has 1 atom stereocenters.